The van der Waals surface area contributed by atoms with E-state index in [2.05, 4.69) is 10.2 Å². The van der Waals surface area contributed by atoms with Crippen molar-refractivity contribution in [2.24, 2.45) is 0 Å². The first-order valence-electron chi connectivity index (χ1n) is 4.82. The number of carbonyl (C=O) groups is 1. The van der Waals surface area contributed by atoms with Crippen LogP contribution in [0.5, 0.6) is 11.5 Å². The normalized spacial score (nSPS) is 10.4. The Kier molecular flexibility index (Phi) is 2.47. The number of hydrogen-bond donors (Lipinski definition) is 4. The van der Waals surface area contributed by atoms with Crippen molar-refractivity contribution < 1.29 is 20.1 Å². The predicted octanol–water partition coefficient (Wildman–Crippen LogP) is 1.49. The maximum atomic E-state index is 11.1. The maximum Gasteiger partial charge on any atom is 0.339 e. The largest absolute Gasteiger partial charge is 0.507 e. The van der Waals surface area contributed by atoms with Gasteiger partial charge in [0.05, 0.1) is 5.56 Å². The van der Waals surface area contributed by atoms with Crippen molar-refractivity contribution in [3.63, 3.8) is 0 Å². The lowest BCUT2D eigenvalue weighted by molar-refractivity contribution is 0.0697. The molecule has 0 aliphatic rings. The van der Waals surface area contributed by atoms with Crippen LogP contribution >= 0.6 is 0 Å². The van der Waals surface area contributed by atoms with E-state index >= 15 is 0 Å². The number of benzene rings is 1. The average Bonchev–Trinajstić information content (AvgIpc) is 2.60. The van der Waals surface area contributed by atoms with Gasteiger partial charge in [-0.1, -0.05) is 6.07 Å². The molecule has 0 unspecified atom stereocenters. The average molecular weight is 234 g/mol. The summed E-state index contributed by atoms with van der Waals surface area (Å²) in [6.45, 7) is 1.55. The quantitative estimate of drug-likeness (QED) is 0.629. The van der Waals surface area contributed by atoms with Crippen molar-refractivity contribution in [1.82, 2.24) is 10.2 Å². The fourth-order valence-corrected chi connectivity index (χ4v) is 1.64. The first kappa shape index (κ1) is 11.0. The second kappa shape index (κ2) is 3.82. The summed E-state index contributed by atoms with van der Waals surface area (Å²) in [4.78, 5) is 11.1. The van der Waals surface area contributed by atoms with E-state index in [1.54, 1.807) is 6.92 Å². The van der Waals surface area contributed by atoms with Crippen LogP contribution in [0.3, 0.4) is 0 Å². The number of aromatic amines is 1. The molecule has 1 heterocycles. The molecule has 0 radical (unpaired) electrons. The van der Waals surface area contributed by atoms with Gasteiger partial charge in [-0.05, 0) is 19.1 Å². The molecule has 0 atom stereocenters. The Morgan fingerprint density at radius 3 is 2.41 bits per heavy atom. The number of H-pyrrole nitrogens is 1. The van der Waals surface area contributed by atoms with E-state index < -0.39 is 5.97 Å². The van der Waals surface area contributed by atoms with Crippen LogP contribution < -0.4 is 0 Å². The smallest absolute Gasteiger partial charge is 0.339 e. The van der Waals surface area contributed by atoms with Gasteiger partial charge >= 0.3 is 5.97 Å². The third-order valence-electron chi connectivity index (χ3n) is 2.42. The van der Waals surface area contributed by atoms with E-state index in [4.69, 9.17) is 5.11 Å². The highest BCUT2D eigenvalue weighted by Gasteiger charge is 2.22. The summed E-state index contributed by atoms with van der Waals surface area (Å²) >= 11 is 0. The predicted molar refractivity (Wildman–Crippen MR) is 59.0 cm³/mol. The van der Waals surface area contributed by atoms with Gasteiger partial charge in [-0.15, -0.1) is 0 Å². The number of phenols is 2. The Morgan fingerprint density at radius 2 is 1.88 bits per heavy atom. The molecule has 0 aliphatic carbocycles. The van der Waals surface area contributed by atoms with Gasteiger partial charge < -0.3 is 15.3 Å². The van der Waals surface area contributed by atoms with E-state index in [0.717, 1.165) is 0 Å². The van der Waals surface area contributed by atoms with Gasteiger partial charge in [-0.25, -0.2) is 4.79 Å². The van der Waals surface area contributed by atoms with Crippen LogP contribution in [0.1, 0.15) is 16.1 Å². The number of aromatic hydroxyl groups is 2. The van der Waals surface area contributed by atoms with E-state index in [-0.39, 0.29) is 28.3 Å². The van der Waals surface area contributed by atoms with Gasteiger partial charge in [0.2, 0.25) is 0 Å². The Bertz CT molecular complexity index is 569. The lowest BCUT2D eigenvalue weighted by atomic mass is 10.0. The van der Waals surface area contributed by atoms with Crippen LogP contribution in [0.15, 0.2) is 18.2 Å². The van der Waals surface area contributed by atoms with Crippen molar-refractivity contribution in [1.29, 1.82) is 0 Å². The molecule has 2 aromatic rings. The van der Waals surface area contributed by atoms with Crippen molar-refractivity contribution in [3.05, 3.63) is 29.5 Å². The summed E-state index contributed by atoms with van der Waals surface area (Å²) in [7, 11) is 0. The van der Waals surface area contributed by atoms with Gasteiger partial charge in [0.1, 0.15) is 22.8 Å². The molecule has 2 rings (SSSR count). The van der Waals surface area contributed by atoms with Gasteiger partial charge in [-0.2, -0.15) is 5.10 Å². The molecule has 0 spiro atoms. The molecule has 17 heavy (non-hydrogen) atoms. The fraction of sp³-hybridized carbons (Fsp3) is 0.0909. The summed E-state index contributed by atoms with van der Waals surface area (Å²) in [5, 5.41) is 34.7. The number of hydrogen-bond acceptors (Lipinski definition) is 4. The zero-order chi connectivity index (χ0) is 12.6. The number of carboxylic acid groups (broad SMARTS) is 1. The van der Waals surface area contributed by atoms with Crippen LogP contribution in [0.4, 0.5) is 0 Å². The van der Waals surface area contributed by atoms with Gasteiger partial charge in [0.15, 0.2) is 0 Å². The monoisotopic (exact) mass is 234 g/mol. The molecule has 0 amide bonds. The van der Waals surface area contributed by atoms with Crippen molar-refractivity contribution in [3.8, 4) is 22.8 Å². The van der Waals surface area contributed by atoms with Gasteiger partial charge in [-0.3, -0.25) is 5.10 Å². The lowest BCUT2D eigenvalue weighted by Gasteiger charge is -2.05. The van der Waals surface area contributed by atoms with Gasteiger partial charge in [0.25, 0.3) is 0 Å². The van der Waals surface area contributed by atoms with Crippen molar-refractivity contribution >= 4 is 5.97 Å². The summed E-state index contributed by atoms with van der Waals surface area (Å²) in [6.07, 6.45) is 0. The zero-order valence-corrected chi connectivity index (χ0v) is 8.93. The summed E-state index contributed by atoms with van der Waals surface area (Å²) in [6, 6.07) is 4.16. The molecule has 88 valence electrons. The van der Waals surface area contributed by atoms with Crippen LogP contribution in [-0.4, -0.2) is 31.5 Å². The molecular formula is C11H10N2O4. The lowest BCUT2D eigenvalue weighted by Crippen LogP contribution is -1.99. The third kappa shape index (κ3) is 1.69. The number of carboxylic acids is 1. The minimum absolute atomic E-state index is 0.00856. The molecular weight excluding hydrogens is 224 g/mol. The molecule has 0 saturated carbocycles. The van der Waals surface area contributed by atoms with Gasteiger partial charge in [0, 0.05) is 5.69 Å². The Balaban J connectivity index is 2.73. The van der Waals surface area contributed by atoms with E-state index in [1.807, 2.05) is 0 Å². The Hall–Kier alpha value is -2.50. The van der Waals surface area contributed by atoms with Crippen LogP contribution in [-0.2, 0) is 0 Å². The minimum atomic E-state index is -1.17. The molecule has 0 fully saturated rings. The highest BCUT2D eigenvalue weighted by molar-refractivity contribution is 5.97. The molecule has 4 N–H and O–H groups in total. The molecule has 0 saturated heterocycles. The first-order chi connectivity index (χ1) is 8.02. The maximum absolute atomic E-state index is 11.1. The number of aryl methyl sites for hydroxylation is 1. The molecule has 0 aliphatic heterocycles. The second-order valence-electron chi connectivity index (χ2n) is 3.55. The molecule has 1 aromatic carbocycles. The highest BCUT2D eigenvalue weighted by Crippen LogP contribution is 2.37. The zero-order valence-electron chi connectivity index (χ0n) is 8.93. The topological polar surface area (TPSA) is 106 Å². The molecule has 6 heteroatoms. The van der Waals surface area contributed by atoms with E-state index in [0.29, 0.717) is 5.69 Å². The van der Waals surface area contributed by atoms with Crippen molar-refractivity contribution in [2.75, 3.05) is 0 Å². The fourth-order valence-electron chi connectivity index (χ4n) is 1.64. The SMILES string of the molecule is Cc1[nH]nc(-c2c(O)cccc2O)c1C(=O)O. The number of rotatable bonds is 2. The van der Waals surface area contributed by atoms with Crippen LogP contribution in [0.25, 0.3) is 11.3 Å². The molecule has 0 bridgehead atoms. The number of nitrogens with one attached hydrogen (secondary N) is 1. The van der Waals surface area contributed by atoms with Crippen LogP contribution in [0, 0.1) is 6.92 Å². The number of aromatic carboxylic acids is 1. The summed E-state index contributed by atoms with van der Waals surface area (Å²) in [5.41, 5.74) is 0.316. The first-order valence-corrected chi connectivity index (χ1v) is 4.82. The van der Waals surface area contributed by atoms with E-state index in [9.17, 15) is 15.0 Å². The molecule has 1 aromatic heterocycles. The Morgan fingerprint density at radius 1 is 1.29 bits per heavy atom. The molecule has 6 nitrogen and oxygen atoms in total. The summed E-state index contributed by atoms with van der Waals surface area (Å²) in [5.74, 6) is -1.62. The minimum Gasteiger partial charge on any atom is -0.507 e. The summed E-state index contributed by atoms with van der Waals surface area (Å²) < 4.78 is 0. The number of aromatic nitrogens is 2. The number of nitrogens with zero attached hydrogens (tertiary/aromatic N) is 1. The third-order valence-corrected chi connectivity index (χ3v) is 2.42. The second-order valence-corrected chi connectivity index (χ2v) is 3.55. The highest BCUT2D eigenvalue weighted by atomic mass is 16.4. The standard InChI is InChI=1S/C11H10N2O4/c1-5-8(11(16)17)10(13-12-5)9-6(14)3-2-4-7(9)15/h2-4,14-15H,1H3,(H,12,13)(H,16,17). The number of phenolic OH excluding ortho intramolecular Hbond substituents is 2. The van der Waals surface area contributed by atoms with Crippen molar-refractivity contribution in [2.45, 2.75) is 6.92 Å². The Labute approximate surface area is 96.2 Å². The van der Waals surface area contributed by atoms with E-state index in [1.165, 1.54) is 18.2 Å². The van der Waals surface area contributed by atoms with Crippen LogP contribution in [0.2, 0.25) is 0 Å².